The van der Waals surface area contributed by atoms with E-state index in [1.54, 1.807) is 12.1 Å². The molecule has 0 aliphatic carbocycles. The Labute approximate surface area is 129 Å². The van der Waals surface area contributed by atoms with Crippen LogP contribution in [-0.4, -0.2) is 41.1 Å². The van der Waals surface area contributed by atoms with E-state index in [2.05, 4.69) is 22.3 Å². The minimum atomic E-state index is -0.339. The van der Waals surface area contributed by atoms with Gasteiger partial charge in [-0.25, -0.2) is 0 Å². The zero-order valence-electron chi connectivity index (χ0n) is 12.3. The lowest BCUT2D eigenvalue weighted by Gasteiger charge is -2.24. The van der Waals surface area contributed by atoms with Gasteiger partial charge >= 0.3 is 0 Å². The highest BCUT2D eigenvalue weighted by Crippen LogP contribution is 2.20. The van der Waals surface area contributed by atoms with Crippen LogP contribution < -0.4 is 5.32 Å². The number of carbonyl (C=O) groups excluding carboxylic acids is 1. The molecule has 1 aliphatic heterocycles. The van der Waals surface area contributed by atoms with E-state index in [0.717, 1.165) is 6.54 Å². The van der Waals surface area contributed by atoms with E-state index >= 15 is 0 Å². The number of furan rings is 1. The average molecular weight is 300 g/mol. The zero-order chi connectivity index (χ0) is 15.4. The predicted octanol–water partition coefficient (Wildman–Crippen LogP) is 1.64. The van der Waals surface area contributed by atoms with Gasteiger partial charge in [0.15, 0.2) is 5.76 Å². The molecule has 1 saturated heterocycles. The fourth-order valence-electron chi connectivity index (χ4n) is 2.89. The third kappa shape index (κ3) is 3.55. The molecule has 2 N–H and O–H groups in total. The number of nitrogens with zero attached hydrogens (tertiary/aromatic N) is 1. The number of aliphatic hydroxyl groups is 1. The van der Waals surface area contributed by atoms with Crippen molar-refractivity contribution in [2.75, 3.05) is 13.1 Å². The summed E-state index contributed by atoms with van der Waals surface area (Å²) >= 11 is 0. The largest absolute Gasteiger partial charge is 0.459 e. The predicted molar refractivity (Wildman–Crippen MR) is 82.3 cm³/mol. The molecule has 2 atom stereocenters. The number of aliphatic hydroxyl groups excluding tert-OH is 1. The van der Waals surface area contributed by atoms with Crippen LogP contribution in [0.25, 0.3) is 0 Å². The molecule has 0 radical (unpaired) electrons. The lowest BCUT2D eigenvalue weighted by Crippen LogP contribution is -2.39. The van der Waals surface area contributed by atoms with Gasteiger partial charge in [-0.15, -0.1) is 0 Å². The van der Waals surface area contributed by atoms with Crippen molar-refractivity contribution in [3.63, 3.8) is 0 Å². The Morgan fingerprint density at radius 1 is 1.27 bits per heavy atom. The highest BCUT2D eigenvalue weighted by atomic mass is 16.3. The summed E-state index contributed by atoms with van der Waals surface area (Å²) in [5.41, 5.74) is 1.21. The van der Waals surface area contributed by atoms with Crippen LogP contribution in [0.4, 0.5) is 0 Å². The number of amides is 1. The van der Waals surface area contributed by atoms with Crippen molar-refractivity contribution in [3.05, 3.63) is 60.1 Å². The molecule has 1 fully saturated rings. The van der Waals surface area contributed by atoms with Crippen LogP contribution in [0, 0.1) is 0 Å². The van der Waals surface area contributed by atoms with Gasteiger partial charge in [0.05, 0.1) is 12.4 Å². The molecule has 2 heterocycles. The topological polar surface area (TPSA) is 65.7 Å². The van der Waals surface area contributed by atoms with Crippen LogP contribution >= 0.6 is 0 Å². The third-order valence-electron chi connectivity index (χ3n) is 3.98. The number of rotatable bonds is 5. The van der Waals surface area contributed by atoms with E-state index in [1.165, 1.54) is 11.8 Å². The summed E-state index contributed by atoms with van der Waals surface area (Å²) in [6.45, 7) is 1.92. The third-order valence-corrected chi connectivity index (χ3v) is 3.98. The molecule has 1 amide bonds. The molecule has 2 aromatic rings. The van der Waals surface area contributed by atoms with E-state index in [1.807, 2.05) is 18.2 Å². The van der Waals surface area contributed by atoms with E-state index in [-0.39, 0.29) is 18.1 Å². The second-order valence-corrected chi connectivity index (χ2v) is 5.65. The summed E-state index contributed by atoms with van der Waals surface area (Å²) < 4.78 is 5.08. The Morgan fingerprint density at radius 2 is 2.09 bits per heavy atom. The first kappa shape index (κ1) is 14.8. The summed E-state index contributed by atoms with van der Waals surface area (Å²) in [5, 5.41) is 12.8. The molecule has 1 aromatic heterocycles. The van der Waals surface area contributed by atoms with Crippen molar-refractivity contribution in [3.8, 4) is 0 Å². The van der Waals surface area contributed by atoms with Crippen LogP contribution in [0.3, 0.4) is 0 Å². The van der Waals surface area contributed by atoms with Gasteiger partial charge in [0.25, 0.3) is 5.91 Å². The maximum Gasteiger partial charge on any atom is 0.287 e. The second-order valence-electron chi connectivity index (χ2n) is 5.65. The molecule has 5 heteroatoms. The lowest BCUT2D eigenvalue weighted by atomic mass is 10.1. The summed E-state index contributed by atoms with van der Waals surface area (Å²) in [6.07, 6.45) is 1.82. The molecular weight excluding hydrogens is 280 g/mol. The Bertz CT molecular complexity index is 598. The highest BCUT2D eigenvalue weighted by Gasteiger charge is 2.31. The van der Waals surface area contributed by atoms with Gasteiger partial charge in [0, 0.05) is 25.7 Å². The van der Waals surface area contributed by atoms with Gasteiger partial charge in [0.2, 0.25) is 0 Å². The number of nitrogens with one attached hydrogen (secondary N) is 1. The second kappa shape index (κ2) is 6.77. The monoisotopic (exact) mass is 300 g/mol. The number of benzene rings is 1. The number of hydrogen-bond acceptors (Lipinski definition) is 4. The molecule has 0 saturated carbocycles. The number of hydrogen-bond donors (Lipinski definition) is 2. The van der Waals surface area contributed by atoms with Gasteiger partial charge in [-0.05, 0) is 24.1 Å². The van der Waals surface area contributed by atoms with Crippen LogP contribution in [-0.2, 0) is 6.54 Å². The number of carbonyl (C=O) groups is 1. The standard InChI is InChI=1S/C17H20N2O3/c20-15-9-14(10-18-17(21)16-7-4-8-22-16)19(12-15)11-13-5-2-1-3-6-13/h1-8,14-15,20H,9-12H2,(H,18,21). The van der Waals surface area contributed by atoms with Crippen LogP contribution in [0.15, 0.2) is 53.1 Å². The van der Waals surface area contributed by atoms with Gasteiger partial charge in [-0.3, -0.25) is 9.69 Å². The smallest absolute Gasteiger partial charge is 0.287 e. The van der Waals surface area contributed by atoms with E-state index in [9.17, 15) is 9.90 Å². The van der Waals surface area contributed by atoms with E-state index in [4.69, 9.17) is 4.42 Å². The molecule has 5 nitrogen and oxygen atoms in total. The Morgan fingerprint density at radius 3 is 2.82 bits per heavy atom. The molecule has 1 aromatic carbocycles. The van der Waals surface area contributed by atoms with Crippen molar-refractivity contribution in [1.82, 2.24) is 10.2 Å². The maximum absolute atomic E-state index is 11.9. The fraction of sp³-hybridized carbons (Fsp3) is 0.353. The van der Waals surface area contributed by atoms with Gasteiger partial charge in [-0.1, -0.05) is 30.3 Å². The number of likely N-dealkylation sites (tertiary alicyclic amines) is 1. The van der Waals surface area contributed by atoms with E-state index in [0.29, 0.717) is 25.3 Å². The summed E-state index contributed by atoms with van der Waals surface area (Å²) in [7, 11) is 0. The van der Waals surface area contributed by atoms with Gasteiger partial charge < -0.3 is 14.8 Å². The zero-order valence-corrected chi connectivity index (χ0v) is 12.3. The van der Waals surface area contributed by atoms with Gasteiger partial charge in [-0.2, -0.15) is 0 Å². The van der Waals surface area contributed by atoms with Gasteiger partial charge in [0.1, 0.15) is 0 Å². The SMILES string of the molecule is O=C(NCC1CC(O)CN1Cc1ccccc1)c1ccco1. The Balaban J connectivity index is 1.58. The number of β-amino-alcohol motifs (C(OH)–C–C–N with tert-alkyl or cyclic N) is 1. The van der Waals surface area contributed by atoms with Crippen molar-refractivity contribution in [2.45, 2.75) is 25.1 Å². The van der Waals surface area contributed by atoms with Crippen molar-refractivity contribution in [2.24, 2.45) is 0 Å². The molecule has 2 unspecified atom stereocenters. The van der Waals surface area contributed by atoms with Crippen LogP contribution in [0.5, 0.6) is 0 Å². The summed E-state index contributed by atoms with van der Waals surface area (Å²) in [6, 6.07) is 13.6. The summed E-state index contributed by atoms with van der Waals surface area (Å²) in [5.74, 6) is 0.0965. The first-order valence-electron chi connectivity index (χ1n) is 7.50. The van der Waals surface area contributed by atoms with Crippen LogP contribution in [0.2, 0.25) is 0 Å². The minimum absolute atomic E-state index is 0.133. The Hall–Kier alpha value is -2.11. The molecular formula is C17H20N2O3. The fourth-order valence-corrected chi connectivity index (χ4v) is 2.89. The van der Waals surface area contributed by atoms with Crippen LogP contribution in [0.1, 0.15) is 22.5 Å². The molecule has 3 rings (SSSR count). The molecule has 22 heavy (non-hydrogen) atoms. The molecule has 1 aliphatic rings. The first-order chi connectivity index (χ1) is 10.7. The van der Waals surface area contributed by atoms with Crippen molar-refractivity contribution >= 4 is 5.91 Å². The average Bonchev–Trinajstić information content (AvgIpc) is 3.16. The molecule has 0 spiro atoms. The summed E-state index contributed by atoms with van der Waals surface area (Å²) in [4.78, 5) is 14.1. The van der Waals surface area contributed by atoms with Crippen molar-refractivity contribution in [1.29, 1.82) is 0 Å². The van der Waals surface area contributed by atoms with E-state index < -0.39 is 0 Å². The lowest BCUT2D eigenvalue weighted by molar-refractivity contribution is 0.0912. The molecule has 116 valence electrons. The normalized spacial score (nSPS) is 21.9. The minimum Gasteiger partial charge on any atom is -0.459 e. The first-order valence-corrected chi connectivity index (χ1v) is 7.50. The Kier molecular flexibility index (Phi) is 4.56. The maximum atomic E-state index is 11.9. The quantitative estimate of drug-likeness (QED) is 0.881. The highest BCUT2D eigenvalue weighted by molar-refractivity contribution is 5.91. The molecule has 0 bridgehead atoms. The van der Waals surface area contributed by atoms with Crippen molar-refractivity contribution < 1.29 is 14.3 Å².